The molecule has 3 nitrogen and oxygen atoms in total. The van der Waals surface area contributed by atoms with Crippen molar-refractivity contribution >= 4 is 19.2 Å². The van der Waals surface area contributed by atoms with Crippen LogP contribution in [0.4, 0.5) is 0 Å². The van der Waals surface area contributed by atoms with E-state index in [1.165, 1.54) is 38.0 Å². The Hall–Kier alpha value is 0.314. The zero-order chi connectivity index (χ0) is 10.2. The summed E-state index contributed by atoms with van der Waals surface area (Å²) < 4.78 is 12.9. The first-order valence-electron chi connectivity index (χ1n) is 5.14. The maximum Gasteiger partial charge on any atom is 0.141 e. The van der Waals surface area contributed by atoms with Gasteiger partial charge in [0.15, 0.2) is 0 Å². The number of nitrogens with zero attached hydrogens (tertiary/aromatic N) is 1. The van der Waals surface area contributed by atoms with E-state index in [-0.39, 0.29) is 5.91 Å². The monoisotopic (exact) mass is 229 g/mol. The second-order valence-corrected chi connectivity index (χ2v) is 6.19. The second kappa shape index (κ2) is 7.59. The molecule has 0 aromatic heterocycles. The van der Waals surface area contributed by atoms with Crippen LogP contribution in [0, 0.1) is 0 Å². The van der Waals surface area contributed by atoms with Crippen LogP contribution in [0.1, 0.15) is 12.8 Å². The van der Waals surface area contributed by atoms with E-state index in [0.29, 0.717) is 0 Å². The highest BCUT2D eigenvalue weighted by Crippen LogP contribution is 2.07. The fraction of sp³-hybridized carbons (Fsp3) is 1.00. The Morgan fingerprint density at radius 1 is 1.43 bits per heavy atom. The molecule has 0 saturated carbocycles. The van der Waals surface area contributed by atoms with Crippen molar-refractivity contribution in [1.29, 1.82) is 0 Å². The lowest BCUT2D eigenvalue weighted by Gasteiger charge is -2.15. The Morgan fingerprint density at radius 3 is 2.79 bits per heavy atom. The Morgan fingerprint density at radius 2 is 2.21 bits per heavy atom. The molecule has 0 bridgehead atoms. The highest BCUT2D eigenvalue weighted by molar-refractivity contribution is 6.36. The zero-order valence-electron chi connectivity index (χ0n) is 9.08. The van der Waals surface area contributed by atoms with Crippen molar-refractivity contribution in [3.05, 3.63) is 0 Å². The van der Waals surface area contributed by atoms with Crippen molar-refractivity contribution in [1.82, 2.24) is 4.57 Å². The van der Waals surface area contributed by atoms with Crippen LogP contribution in [0.2, 0.25) is 12.1 Å². The smallest absolute Gasteiger partial charge is 0.141 e. The summed E-state index contributed by atoms with van der Waals surface area (Å²) in [5.41, 5.74) is 0. The summed E-state index contributed by atoms with van der Waals surface area (Å²) in [6.07, 6.45) is 2.69. The van der Waals surface area contributed by atoms with Gasteiger partial charge >= 0.3 is 0 Å². The number of methoxy groups -OCH3 is 2. The topological polar surface area (TPSA) is 21.7 Å². The van der Waals surface area contributed by atoms with E-state index in [1.807, 2.05) is 0 Å². The van der Waals surface area contributed by atoms with Crippen molar-refractivity contribution in [2.75, 3.05) is 27.3 Å². The van der Waals surface area contributed by atoms with Gasteiger partial charge in [0.1, 0.15) is 25.1 Å². The maximum atomic E-state index is 5.15. The van der Waals surface area contributed by atoms with Crippen molar-refractivity contribution in [3.63, 3.8) is 0 Å². The van der Waals surface area contributed by atoms with Crippen LogP contribution >= 0.6 is 0 Å². The SMILES string of the molecule is COC(OC)[Si]CCCN1CCC[Si]1. The van der Waals surface area contributed by atoms with Gasteiger partial charge in [0, 0.05) is 14.2 Å². The molecule has 0 spiro atoms. The number of rotatable bonds is 7. The lowest BCUT2D eigenvalue weighted by atomic mass is 10.4. The van der Waals surface area contributed by atoms with Gasteiger partial charge in [-0.3, -0.25) is 0 Å². The summed E-state index contributed by atoms with van der Waals surface area (Å²) in [6, 6.07) is 2.65. The Bertz CT molecular complexity index is 135. The summed E-state index contributed by atoms with van der Waals surface area (Å²) in [7, 11) is 5.28. The van der Waals surface area contributed by atoms with Gasteiger partial charge in [-0.15, -0.1) is 0 Å². The molecule has 0 aromatic carbocycles. The van der Waals surface area contributed by atoms with Crippen LogP contribution in [0.3, 0.4) is 0 Å². The van der Waals surface area contributed by atoms with E-state index in [9.17, 15) is 0 Å². The van der Waals surface area contributed by atoms with Crippen LogP contribution in [0.15, 0.2) is 0 Å². The molecule has 1 heterocycles. The highest BCUT2D eigenvalue weighted by Gasteiger charge is 2.12. The summed E-state index contributed by atoms with van der Waals surface area (Å²) in [4.78, 5) is 0. The fourth-order valence-electron chi connectivity index (χ4n) is 1.53. The largest absolute Gasteiger partial charge is 0.360 e. The van der Waals surface area contributed by atoms with Crippen LogP contribution in [-0.4, -0.2) is 57.0 Å². The molecule has 0 aromatic rings. The molecular weight excluding hydrogens is 210 g/mol. The van der Waals surface area contributed by atoms with Gasteiger partial charge in [-0.25, -0.2) is 0 Å². The van der Waals surface area contributed by atoms with Crippen molar-refractivity contribution < 1.29 is 9.47 Å². The average Bonchev–Trinajstić information content (AvgIpc) is 2.71. The van der Waals surface area contributed by atoms with Crippen LogP contribution in [0.25, 0.3) is 0 Å². The van der Waals surface area contributed by atoms with Crippen molar-refractivity contribution in [3.8, 4) is 0 Å². The van der Waals surface area contributed by atoms with Gasteiger partial charge < -0.3 is 14.0 Å². The number of ether oxygens (including phenoxy) is 2. The highest BCUT2D eigenvalue weighted by atomic mass is 28.2. The normalized spacial score (nSPS) is 18.2. The van der Waals surface area contributed by atoms with Gasteiger partial charge in [-0.05, 0) is 32.0 Å². The Labute approximate surface area is 91.9 Å². The first kappa shape index (κ1) is 12.4. The lowest BCUT2D eigenvalue weighted by molar-refractivity contribution is -0.0441. The molecule has 14 heavy (non-hydrogen) atoms. The van der Waals surface area contributed by atoms with Gasteiger partial charge in [0.25, 0.3) is 0 Å². The van der Waals surface area contributed by atoms with Gasteiger partial charge in [-0.1, -0.05) is 6.04 Å². The van der Waals surface area contributed by atoms with E-state index in [4.69, 9.17) is 9.47 Å². The quantitative estimate of drug-likeness (QED) is 0.366. The summed E-state index contributed by atoms with van der Waals surface area (Å²) in [5, 5.41) is 0. The predicted molar refractivity (Wildman–Crippen MR) is 59.7 cm³/mol. The van der Waals surface area contributed by atoms with E-state index in [0.717, 1.165) is 19.2 Å². The fourth-order valence-corrected chi connectivity index (χ4v) is 3.73. The number of hydrogen-bond acceptors (Lipinski definition) is 3. The molecule has 0 atom stereocenters. The lowest BCUT2D eigenvalue weighted by Crippen LogP contribution is -2.25. The molecule has 0 N–H and O–H groups in total. The van der Waals surface area contributed by atoms with Crippen LogP contribution in [0.5, 0.6) is 0 Å². The minimum Gasteiger partial charge on any atom is -0.360 e. The third-order valence-corrected chi connectivity index (χ3v) is 5.20. The molecular formula is C9H19NO2Si2. The van der Waals surface area contributed by atoms with E-state index < -0.39 is 0 Å². The first-order valence-corrected chi connectivity index (χ1v) is 7.58. The molecule has 80 valence electrons. The molecule has 1 aliphatic rings. The standard InChI is InChI=1S/C9H19NO2Si2/c1-11-9(12-2)13-7-3-5-10-6-4-8-14-10/h9H,3-8H2,1-2H3. The Balaban J connectivity index is 1.92. The van der Waals surface area contributed by atoms with E-state index in [2.05, 4.69) is 4.57 Å². The van der Waals surface area contributed by atoms with Gasteiger partial charge in [0.05, 0.1) is 0 Å². The minimum absolute atomic E-state index is 0.0241. The molecule has 5 heteroatoms. The summed E-state index contributed by atoms with van der Waals surface area (Å²) >= 11 is 0. The molecule has 0 aliphatic carbocycles. The van der Waals surface area contributed by atoms with Gasteiger partial charge in [-0.2, -0.15) is 0 Å². The van der Waals surface area contributed by atoms with Crippen molar-refractivity contribution in [2.45, 2.75) is 30.8 Å². The summed E-state index contributed by atoms with van der Waals surface area (Å²) in [5.74, 6) is 0.0241. The zero-order valence-corrected chi connectivity index (χ0v) is 11.1. The van der Waals surface area contributed by atoms with E-state index >= 15 is 0 Å². The minimum atomic E-state index is 0.0241. The van der Waals surface area contributed by atoms with Gasteiger partial charge in [0.2, 0.25) is 0 Å². The third kappa shape index (κ3) is 4.70. The number of hydrogen-bond donors (Lipinski definition) is 0. The third-order valence-electron chi connectivity index (χ3n) is 2.28. The first-order chi connectivity index (χ1) is 6.86. The van der Waals surface area contributed by atoms with Crippen molar-refractivity contribution in [2.24, 2.45) is 0 Å². The second-order valence-electron chi connectivity index (χ2n) is 3.36. The van der Waals surface area contributed by atoms with E-state index in [1.54, 1.807) is 14.2 Å². The molecule has 0 amide bonds. The predicted octanol–water partition coefficient (Wildman–Crippen LogP) is 0.819. The molecule has 0 unspecified atom stereocenters. The molecule has 1 fully saturated rings. The molecule has 1 rings (SSSR count). The molecule has 1 aliphatic heterocycles. The molecule has 1 saturated heterocycles. The molecule has 4 radical (unpaired) electrons. The van der Waals surface area contributed by atoms with Crippen LogP contribution in [-0.2, 0) is 9.47 Å². The maximum absolute atomic E-state index is 5.15. The summed E-state index contributed by atoms with van der Waals surface area (Å²) in [6.45, 7) is 2.59. The Kier molecular flexibility index (Phi) is 6.71. The average molecular weight is 229 g/mol. The van der Waals surface area contributed by atoms with Crippen LogP contribution < -0.4 is 0 Å².